The maximum atomic E-state index is 12.0. The van der Waals surface area contributed by atoms with E-state index in [4.69, 9.17) is 16.3 Å². The monoisotopic (exact) mass is 268 g/mol. The second-order valence-corrected chi connectivity index (χ2v) is 5.54. The van der Waals surface area contributed by atoms with Crippen molar-refractivity contribution in [3.05, 3.63) is 27.4 Å². The van der Waals surface area contributed by atoms with Crippen LogP contribution >= 0.6 is 11.6 Å². The van der Waals surface area contributed by atoms with E-state index in [1.807, 2.05) is 0 Å². The minimum absolute atomic E-state index is 0.0499. The van der Waals surface area contributed by atoms with Crippen molar-refractivity contribution >= 4 is 11.6 Å². The quantitative estimate of drug-likeness (QED) is 0.791. The Kier molecular flexibility index (Phi) is 3.39. The van der Waals surface area contributed by atoms with Crippen molar-refractivity contribution in [3.8, 4) is 0 Å². The van der Waals surface area contributed by atoms with E-state index < -0.39 is 0 Å². The SMILES string of the molecule is O=c1cc(Cl)nc(C2CC2)n1CC1CCCCO1. The van der Waals surface area contributed by atoms with Crippen LogP contribution in [0.15, 0.2) is 10.9 Å². The summed E-state index contributed by atoms with van der Waals surface area (Å²) in [5.41, 5.74) is -0.0499. The molecule has 2 aliphatic rings. The van der Waals surface area contributed by atoms with Gasteiger partial charge in [-0.25, -0.2) is 4.98 Å². The summed E-state index contributed by atoms with van der Waals surface area (Å²) in [4.78, 5) is 16.4. The van der Waals surface area contributed by atoms with Crippen molar-refractivity contribution in [2.24, 2.45) is 0 Å². The Bertz CT molecular complexity index is 490. The van der Waals surface area contributed by atoms with Gasteiger partial charge in [-0.05, 0) is 32.1 Å². The highest BCUT2D eigenvalue weighted by Gasteiger charge is 2.30. The highest BCUT2D eigenvalue weighted by molar-refractivity contribution is 6.29. The smallest absolute Gasteiger partial charge is 0.255 e. The summed E-state index contributed by atoms with van der Waals surface area (Å²) in [6, 6.07) is 1.40. The third-order valence-corrected chi connectivity index (χ3v) is 3.80. The molecule has 1 aliphatic heterocycles. The average Bonchev–Trinajstić information content (AvgIpc) is 3.18. The van der Waals surface area contributed by atoms with Gasteiger partial charge in [0.1, 0.15) is 11.0 Å². The summed E-state index contributed by atoms with van der Waals surface area (Å²) in [5.74, 6) is 1.27. The van der Waals surface area contributed by atoms with Crippen LogP contribution in [0.5, 0.6) is 0 Å². The molecule has 3 rings (SSSR count). The fourth-order valence-corrected chi connectivity index (χ4v) is 2.67. The van der Waals surface area contributed by atoms with Crippen LogP contribution in [0.3, 0.4) is 0 Å². The molecule has 0 N–H and O–H groups in total. The maximum absolute atomic E-state index is 12.0. The van der Waals surface area contributed by atoms with Crippen molar-refractivity contribution in [1.29, 1.82) is 0 Å². The topological polar surface area (TPSA) is 44.1 Å². The third kappa shape index (κ3) is 2.59. The maximum Gasteiger partial charge on any atom is 0.255 e. The van der Waals surface area contributed by atoms with Crippen molar-refractivity contribution < 1.29 is 4.74 Å². The summed E-state index contributed by atoms with van der Waals surface area (Å²) in [6.45, 7) is 1.42. The molecule has 0 radical (unpaired) electrons. The molecule has 0 aromatic carbocycles. The minimum atomic E-state index is -0.0499. The molecule has 2 heterocycles. The molecule has 98 valence electrons. The van der Waals surface area contributed by atoms with Gasteiger partial charge in [-0.15, -0.1) is 0 Å². The summed E-state index contributed by atoms with van der Waals surface area (Å²) in [7, 11) is 0. The Labute approximate surface area is 111 Å². The van der Waals surface area contributed by atoms with Crippen molar-refractivity contribution in [3.63, 3.8) is 0 Å². The van der Waals surface area contributed by atoms with Crippen LogP contribution in [0, 0.1) is 0 Å². The zero-order valence-electron chi connectivity index (χ0n) is 10.3. The van der Waals surface area contributed by atoms with Crippen LogP contribution in [0.1, 0.15) is 43.8 Å². The van der Waals surface area contributed by atoms with Gasteiger partial charge < -0.3 is 4.74 Å². The zero-order valence-corrected chi connectivity index (χ0v) is 11.0. The predicted octanol–water partition coefficient (Wildman–Crippen LogP) is 2.34. The Morgan fingerprint density at radius 3 is 2.89 bits per heavy atom. The molecule has 4 nitrogen and oxygen atoms in total. The molecule has 1 atom stereocenters. The van der Waals surface area contributed by atoms with Gasteiger partial charge in [0.05, 0.1) is 12.6 Å². The van der Waals surface area contributed by atoms with E-state index >= 15 is 0 Å². The molecule has 2 fully saturated rings. The van der Waals surface area contributed by atoms with Gasteiger partial charge in [-0.2, -0.15) is 0 Å². The lowest BCUT2D eigenvalue weighted by Gasteiger charge is -2.24. The van der Waals surface area contributed by atoms with Gasteiger partial charge in [-0.1, -0.05) is 11.6 Å². The molecule has 1 saturated carbocycles. The number of aromatic nitrogens is 2. The molecular weight excluding hydrogens is 252 g/mol. The summed E-state index contributed by atoms with van der Waals surface area (Å²) < 4.78 is 7.47. The van der Waals surface area contributed by atoms with Crippen LogP contribution < -0.4 is 5.56 Å². The molecule has 1 saturated heterocycles. The number of rotatable bonds is 3. The first kappa shape index (κ1) is 12.2. The van der Waals surface area contributed by atoms with E-state index in [9.17, 15) is 4.79 Å². The first-order valence-corrected chi connectivity index (χ1v) is 7.01. The van der Waals surface area contributed by atoms with Crippen LogP contribution in [0.4, 0.5) is 0 Å². The number of hydrogen-bond donors (Lipinski definition) is 0. The number of halogens is 1. The van der Waals surface area contributed by atoms with Crippen LogP contribution in [0.2, 0.25) is 5.15 Å². The first-order chi connectivity index (χ1) is 8.74. The Balaban J connectivity index is 1.87. The number of ether oxygens (including phenoxy) is 1. The van der Waals surface area contributed by atoms with Gasteiger partial charge in [-0.3, -0.25) is 9.36 Å². The average molecular weight is 269 g/mol. The van der Waals surface area contributed by atoms with Crippen LogP contribution in [-0.2, 0) is 11.3 Å². The second-order valence-electron chi connectivity index (χ2n) is 5.15. The molecular formula is C13H17ClN2O2. The molecule has 18 heavy (non-hydrogen) atoms. The van der Waals surface area contributed by atoms with Gasteiger partial charge >= 0.3 is 0 Å². The summed E-state index contributed by atoms with van der Waals surface area (Å²) in [6.07, 6.45) is 5.70. The first-order valence-electron chi connectivity index (χ1n) is 6.63. The van der Waals surface area contributed by atoms with E-state index in [2.05, 4.69) is 4.98 Å². The molecule has 1 unspecified atom stereocenters. The van der Waals surface area contributed by atoms with Gasteiger partial charge in [0.25, 0.3) is 5.56 Å². The fourth-order valence-electron chi connectivity index (χ4n) is 2.49. The predicted molar refractivity (Wildman–Crippen MR) is 69.1 cm³/mol. The number of nitrogens with zero attached hydrogens (tertiary/aromatic N) is 2. The fraction of sp³-hybridized carbons (Fsp3) is 0.692. The molecule has 1 aromatic heterocycles. The lowest BCUT2D eigenvalue weighted by Crippen LogP contribution is -2.32. The van der Waals surface area contributed by atoms with Crippen molar-refractivity contribution in [2.75, 3.05) is 6.61 Å². The van der Waals surface area contributed by atoms with Gasteiger partial charge in [0, 0.05) is 18.6 Å². The highest BCUT2D eigenvalue weighted by Crippen LogP contribution is 2.39. The standard InChI is InChI=1S/C13H17ClN2O2/c14-11-7-12(17)16(13(15-11)9-4-5-9)8-10-3-1-2-6-18-10/h7,9-10H,1-6,8H2. The molecule has 0 spiro atoms. The lowest BCUT2D eigenvalue weighted by atomic mass is 10.1. The van der Waals surface area contributed by atoms with E-state index in [0.29, 0.717) is 17.6 Å². The molecule has 0 bridgehead atoms. The second kappa shape index (κ2) is 5.02. The number of hydrogen-bond acceptors (Lipinski definition) is 3. The molecule has 1 aromatic rings. The largest absolute Gasteiger partial charge is 0.376 e. The summed E-state index contributed by atoms with van der Waals surface area (Å²) >= 11 is 5.88. The van der Waals surface area contributed by atoms with Crippen LogP contribution in [0.25, 0.3) is 0 Å². The highest BCUT2D eigenvalue weighted by atomic mass is 35.5. The molecule has 1 aliphatic carbocycles. The van der Waals surface area contributed by atoms with E-state index in [1.165, 1.54) is 12.5 Å². The zero-order chi connectivity index (χ0) is 12.5. The van der Waals surface area contributed by atoms with Gasteiger partial charge in [0.2, 0.25) is 0 Å². The van der Waals surface area contributed by atoms with E-state index in [-0.39, 0.29) is 11.7 Å². The Morgan fingerprint density at radius 2 is 2.22 bits per heavy atom. The lowest BCUT2D eigenvalue weighted by molar-refractivity contribution is 0.00475. The van der Waals surface area contributed by atoms with E-state index in [0.717, 1.165) is 38.1 Å². The molecule has 5 heteroatoms. The summed E-state index contributed by atoms with van der Waals surface area (Å²) in [5, 5.41) is 0.308. The van der Waals surface area contributed by atoms with Crippen molar-refractivity contribution in [2.45, 2.75) is 50.7 Å². The molecule has 0 amide bonds. The van der Waals surface area contributed by atoms with E-state index in [1.54, 1.807) is 4.57 Å². The Morgan fingerprint density at radius 1 is 1.39 bits per heavy atom. The van der Waals surface area contributed by atoms with Crippen molar-refractivity contribution in [1.82, 2.24) is 9.55 Å². The van der Waals surface area contributed by atoms with Gasteiger partial charge in [0.15, 0.2) is 0 Å². The Hall–Kier alpha value is -0.870. The third-order valence-electron chi connectivity index (χ3n) is 3.61. The minimum Gasteiger partial charge on any atom is -0.376 e. The van der Waals surface area contributed by atoms with Crippen LogP contribution in [-0.4, -0.2) is 22.3 Å². The normalized spacial score (nSPS) is 24.2.